The number of fused-ring (bicyclic) bond motifs is 1. The van der Waals surface area contributed by atoms with E-state index in [1.54, 1.807) is 0 Å². The van der Waals surface area contributed by atoms with Crippen LogP contribution in [-0.4, -0.2) is 41.8 Å². The number of aliphatic hydroxyl groups is 1. The number of hydrogen-bond donors (Lipinski definition) is 2. The molecular weight excluding hydrogens is 232 g/mol. The van der Waals surface area contributed by atoms with Crippen molar-refractivity contribution in [3.8, 4) is 0 Å². The number of nitrogens with one attached hydrogen (secondary N) is 1. The van der Waals surface area contributed by atoms with Gasteiger partial charge in [-0.05, 0) is 23.4 Å². The topological polar surface area (TPSA) is 35.5 Å². The molecule has 0 spiro atoms. The van der Waals surface area contributed by atoms with Gasteiger partial charge in [0.1, 0.15) is 0 Å². The molecular formula is C13H22N2OS. The normalized spacial score (nSPS) is 18.4. The van der Waals surface area contributed by atoms with Crippen LogP contribution in [-0.2, 0) is 13.0 Å². The molecule has 96 valence electrons. The van der Waals surface area contributed by atoms with E-state index in [0.29, 0.717) is 12.6 Å². The number of rotatable bonds is 5. The zero-order chi connectivity index (χ0) is 12.3. The summed E-state index contributed by atoms with van der Waals surface area (Å²) in [6.45, 7) is 7.74. The Hall–Kier alpha value is -0.420. The number of hydrogen-bond acceptors (Lipinski definition) is 4. The van der Waals surface area contributed by atoms with Crippen molar-refractivity contribution in [1.82, 2.24) is 10.2 Å². The Morgan fingerprint density at radius 3 is 3.12 bits per heavy atom. The molecule has 0 saturated heterocycles. The maximum absolute atomic E-state index is 9.95. The van der Waals surface area contributed by atoms with E-state index >= 15 is 0 Å². The van der Waals surface area contributed by atoms with E-state index < -0.39 is 0 Å². The third-order valence-electron chi connectivity index (χ3n) is 3.12. The van der Waals surface area contributed by atoms with Crippen LogP contribution < -0.4 is 5.32 Å². The third kappa shape index (κ3) is 3.78. The molecule has 0 radical (unpaired) electrons. The first kappa shape index (κ1) is 13.0. The zero-order valence-electron chi connectivity index (χ0n) is 10.6. The van der Waals surface area contributed by atoms with Gasteiger partial charge in [0, 0.05) is 37.1 Å². The first-order chi connectivity index (χ1) is 8.15. The molecule has 1 atom stereocenters. The Kier molecular flexibility index (Phi) is 4.56. The Balaban J connectivity index is 1.77. The lowest BCUT2D eigenvalue weighted by Crippen LogP contribution is -2.41. The van der Waals surface area contributed by atoms with Crippen LogP contribution in [0.2, 0.25) is 0 Å². The Morgan fingerprint density at radius 2 is 2.35 bits per heavy atom. The van der Waals surface area contributed by atoms with Gasteiger partial charge in [-0.2, -0.15) is 0 Å². The highest BCUT2D eigenvalue weighted by Gasteiger charge is 2.19. The van der Waals surface area contributed by atoms with Crippen LogP contribution in [0.15, 0.2) is 11.4 Å². The van der Waals surface area contributed by atoms with Crippen LogP contribution in [0.5, 0.6) is 0 Å². The highest BCUT2D eigenvalue weighted by Crippen LogP contribution is 2.23. The molecule has 2 heterocycles. The lowest BCUT2D eigenvalue weighted by atomic mass is 10.1. The van der Waals surface area contributed by atoms with E-state index in [-0.39, 0.29) is 6.10 Å². The number of aliphatic hydroxyl groups excluding tert-OH is 1. The molecule has 2 rings (SSSR count). The largest absolute Gasteiger partial charge is 0.390 e. The zero-order valence-corrected chi connectivity index (χ0v) is 11.5. The Labute approximate surface area is 107 Å². The highest BCUT2D eigenvalue weighted by molar-refractivity contribution is 7.10. The predicted molar refractivity (Wildman–Crippen MR) is 72.4 cm³/mol. The van der Waals surface area contributed by atoms with Crippen LogP contribution in [0.3, 0.4) is 0 Å². The van der Waals surface area contributed by atoms with Gasteiger partial charge in [0.2, 0.25) is 0 Å². The second-order valence-electron chi connectivity index (χ2n) is 5.07. The second kappa shape index (κ2) is 5.96. The summed E-state index contributed by atoms with van der Waals surface area (Å²) in [4.78, 5) is 3.87. The molecule has 0 aliphatic carbocycles. The fourth-order valence-electron chi connectivity index (χ4n) is 2.20. The van der Waals surface area contributed by atoms with Crippen molar-refractivity contribution >= 4 is 11.3 Å². The summed E-state index contributed by atoms with van der Waals surface area (Å²) in [7, 11) is 0. The maximum Gasteiger partial charge on any atom is 0.0791 e. The van der Waals surface area contributed by atoms with Gasteiger partial charge in [0.25, 0.3) is 0 Å². The fraction of sp³-hybridized carbons (Fsp3) is 0.692. The van der Waals surface area contributed by atoms with Gasteiger partial charge in [-0.3, -0.25) is 4.90 Å². The molecule has 0 fully saturated rings. The van der Waals surface area contributed by atoms with Gasteiger partial charge in [-0.25, -0.2) is 0 Å². The fourth-order valence-corrected chi connectivity index (χ4v) is 3.09. The number of β-amino-alcohol motifs (C(OH)–C–C–N with tert-alkyl or cyclic N) is 1. The van der Waals surface area contributed by atoms with E-state index in [9.17, 15) is 5.11 Å². The second-order valence-corrected chi connectivity index (χ2v) is 6.07. The molecule has 1 aromatic heterocycles. The Morgan fingerprint density at radius 1 is 1.53 bits per heavy atom. The van der Waals surface area contributed by atoms with E-state index in [1.165, 1.54) is 10.4 Å². The van der Waals surface area contributed by atoms with E-state index in [0.717, 1.165) is 26.1 Å². The minimum absolute atomic E-state index is 0.266. The Bertz CT molecular complexity index is 351. The van der Waals surface area contributed by atoms with Gasteiger partial charge < -0.3 is 10.4 Å². The molecule has 1 aliphatic heterocycles. The van der Waals surface area contributed by atoms with Crippen molar-refractivity contribution in [3.05, 3.63) is 21.9 Å². The molecule has 2 N–H and O–H groups in total. The summed E-state index contributed by atoms with van der Waals surface area (Å²) >= 11 is 1.86. The molecule has 4 heteroatoms. The van der Waals surface area contributed by atoms with Crippen molar-refractivity contribution in [1.29, 1.82) is 0 Å². The minimum Gasteiger partial charge on any atom is -0.390 e. The summed E-state index contributed by atoms with van der Waals surface area (Å²) in [6.07, 6.45) is 0.870. The molecule has 0 aromatic carbocycles. The summed E-state index contributed by atoms with van der Waals surface area (Å²) in [5.74, 6) is 0. The lowest BCUT2D eigenvalue weighted by Gasteiger charge is -2.29. The van der Waals surface area contributed by atoms with E-state index in [1.807, 2.05) is 11.3 Å². The van der Waals surface area contributed by atoms with Crippen molar-refractivity contribution in [2.24, 2.45) is 0 Å². The maximum atomic E-state index is 9.95. The van der Waals surface area contributed by atoms with Crippen LogP contribution in [0.4, 0.5) is 0 Å². The van der Waals surface area contributed by atoms with Gasteiger partial charge in [-0.15, -0.1) is 11.3 Å². The van der Waals surface area contributed by atoms with Crippen LogP contribution in [0.1, 0.15) is 24.3 Å². The predicted octanol–water partition coefficient (Wildman–Crippen LogP) is 1.47. The molecule has 1 aromatic rings. The summed E-state index contributed by atoms with van der Waals surface area (Å²) in [6, 6.07) is 2.65. The molecule has 1 unspecified atom stereocenters. The van der Waals surface area contributed by atoms with Gasteiger partial charge >= 0.3 is 0 Å². The van der Waals surface area contributed by atoms with Gasteiger partial charge in [-0.1, -0.05) is 13.8 Å². The quantitative estimate of drug-likeness (QED) is 0.835. The molecule has 0 amide bonds. The van der Waals surface area contributed by atoms with Crippen molar-refractivity contribution < 1.29 is 5.11 Å². The minimum atomic E-state index is -0.266. The van der Waals surface area contributed by atoms with Crippen molar-refractivity contribution in [2.45, 2.75) is 39.0 Å². The number of thiophene rings is 1. The third-order valence-corrected chi connectivity index (χ3v) is 4.14. The number of nitrogens with zero attached hydrogens (tertiary/aromatic N) is 1. The highest BCUT2D eigenvalue weighted by atomic mass is 32.1. The van der Waals surface area contributed by atoms with Gasteiger partial charge in [0.15, 0.2) is 0 Å². The summed E-state index contributed by atoms with van der Waals surface area (Å²) in [5, 5.41) is 15.4. The average Bonchev–Trinajstić information content (AvgIpc) is 2.73. The molecule has 1 aliphatic rings. The van der Waals surface area contributed by atoms with Crippen molar-refractivity contribution in [3.63, 3.8) is 0 Å². The first-order valence-electron chi connectivity index (χ1n) is 6.34. The summed E-state index contributed by atoms with van der Waals surface area (Å²) in [5.41, 5.74) is 1.45. The molecule has 0 saturated carbocycles. The first-order valence-corrected chi connectivity index (χ1v) is 7.22. The monoisotopic (exact) mass is 254 g/mol. The summed E-state index contributed by atoms with van der Waals surface area (Å²) < 4.78 is 0. The lowest BCUT2D eigenvalue weighted by molar-refractivity contribution is 0.103. The van der Waals surface area contributed by atoms with Crippen LogP contribution in [0.25, 0.3) is 0 Å². The standard InChI is InChI=1S/C13H22N2OS/c1-10(2)14-7-12(16)9-15-5-3-13-11(8-15)4-6-17-13/h4,6,10,12,14,16H,3,5,7-9H2,1-2H3. The van der Waals surface area contributed by atoms with Crippen molar-refractivity contribution in [2.75, 3.05) is 19.6 Å². The molecule has 0 bridgehead atoms. The SMILES string of the molecule is CC(C)NCC(O)CN1CCc2sccc2C1. The van der Waals surface area contributed by atoms with Crippen LogP contribution >= 0.6 is 11.3 Å². The van der Waals surface area contributed by atoms with E-state index in [2.05, 4.69) is 35.5 Å². The van der Waals surface area contributed by atoms with E-state index in [4.69, 9.17) is 0 Å². The molecule has 3 nitrogen and oxygen atoms in total. The van der Waals surface area contributed by atoms with Gasteiger partial charge in [0.05, 0.1) is 6.10 Å². The smallest absolute Gasteiger partial charge is 0.0791 e. The molecule has 17 heavy (non-hydrogen) atoms. The average molecular weight is 254 g/mol. The van der Waals surface area contributed by atoms with Crippen LogP contribution in [0, 0.1) is 0 Å².